The van der Waals surface area contributed by atoms with Gasteiger partial charge in [-0.2, -0.15) is 0 Å². The Morgan fingerprint density at radius 1 is 1.13 bits per heavy atom. The van der Waals surface area contributed by atoms with Crippen molar-refractivity contribution in [2.75, 3.05) is 0 Å². The molecule has 2 aromatic carbocycles. The predicted octanol–water partition coefficient (Wildman–Crippen LogP) is 2.85. The van der Waals surface area contributed by atoms with E-state index in [1.165, 1.54) is 6.20 Å². The molecule has 3 N–H and O–H groups in total. The number of benzene rings is 2. The van der Waals surface area contributed by atoms with Crippen molar-refractivity contribution in [3.63, 3.8) is 0 Å². The Bertz CT molecular complexity index is 884. The fourth-order valence-electron chi connectivity index (χ4n) is 2.39. The lowest BCUT2D eigenvalue weighted by Crippen LogP contribution is -2.11. The van der Waals surface area contributed by atoms with Gasteiger partial charge in [-0.1, -0.05) is 30.3 Å². The molecule has 0 atom stereocenters. The van der Waals surface area contributed by atoms with Crippen LogP contribution in [-0.4, -0.2) is 21.7 Å². The molecule has 0 aliphatic carbocycles. The van der Waals surface area contributed by atoms with Crippen molar-refractivity contribution >= 4 is 22.9 Å². The van der Waals surface area contributed by atoms with Gasteiger partial charge in [0.05, 0.1) is 11.1 Å². The Labute approximate surface area is 131 Å². The Balaban J connectivity index is 1.96. The van der Waals surface area contributed by atoms with Crippen LogP contribution in [-0.2, 0) is 6.61 Å². The Morgan fingerprint density at radius 2 is 1.87 bits per heavy atom. The van der Waals surface area contributed by atoms with Crippen LogP contribution in [0.2, 0.25) is 0 Å². The molecule has 0 radical (unpaired) electrons. The van der Waals surface area contributed by atoms with Gasteiger partial charge in [0.15, 0.2) is 0 Å². The quantitative estimate of drug-likeness (QED) is 0.774. The normalized spacial score (nSPS) is 10.6. The van der Waals surface area contributed by atoms with E-state index >= 15 is 0 Å². The molecular formula is C17H14N2O4. The minimum Gasteiger partial charge on any atom is -0.489 e. The van der Waals surface area contributed by atoms with E-state index in [0.717, 1.165) is 10.1 Å². The number of fused-ring (bicyclic) bond motifs is 1. The highest BCUT2D eigenvalue weighted by Crippen LogP contribution is 2.26. The lowest BCUT2D eigenvalue weighted by Gasteiger charge is -2.07. The highest BCUT2D eigenvalue weighted by Gasteiger charge is 2.16. The third-order valence-corrected chi connectivity index (χ3v) is 3.50. The van der Waals surface area contributed by atoms with Crippen molar-refractivity contribution in [2.24, 2.45) is 5.73 Å². The van der Waals surface area contributed by atoms with Crippen molar-refractivity contribution in [3.8, 4) is 5.75 Å². The van der Waals surface area contributed by atoms with Gasteiger partial charge >= 0.3 is 6.09 Å². The average Bonchev–Trinajstić information content (AvgIpc) is 2.93. The number of carboxylic acid groups (broad SMARTS) is 1. The fraction of sp³-hybridized carbons (Fsp3) is 0.0588. The largest absolute Gasteiger partial charge is 0.489 e. The maximum absolute atomic E-state index is 11.5. The minimum absolute atomic E-state index is 0.146. The summed E-state index contributed by atoms with van der Waals surface area (Å²) in [5.41, 5.74) is 6.86. The van der Waals surface area contributed by atoms with Crippen LogP contribution in [0.1, 0.15) is 15.9 Å². The summed E-state index contributed by atoms with van der Waals surface area (Å²) in [7, 11) is 0. The van der Waals surface area contributed by atoms with E-state index in [2.05, 4.69) is 0 Å². The number of nitrogens with zero attached hydrogens (tertiary/aromatic N) is 1. The van der Waals surface area contributed by atoms with Gasteiger partial charge < -0.3 is 15.6 Å². The average molecular weight is 310 g/mol. The Hall–Kier alpha value is -3.28. The molecule has 1 amide bonds. The van der Waals surface area contributed by atoms with E-state index in [4.69, 9.17) is 10.5 Å². The predicted molar refractivity (Wildman–Crippen MR) is 84.7 cm³/mol. The van der Waals surface area contributed by atoms with Crippen LogP contribution >= 0.6 is 0 Å². The van der Waals surface area contributed by atoms with Crippen molar-refractivity contribution in [3.05, 3.63) is 65.9 Å². The molecule has 23 heavy (non-hydrogen) atoms. The number of ether oxygens (including phenoxy) is 1. The molecule has 0 spiro atoms. The van der Waals surface area contributed by atoms with Gasteiger partial charge in [0.2, 0.25) is 0 Å². The van der Waals surface area contributed by atoms with E-state index in [1.54, 1.807) is 18.2 Å². The zero-order chi connectivity index (χ0) is 16.4. The van der Waals surface area contributed by atoms with Crippen LogP contribution in [0.25, 0.3) is 10.9 Å². The number of carbonyl (C=O) groups is 2. The molecule has 6 heteroatoms. The van der Waals surface area contributed by atoms with E-state index < -0.39 is 12.0 Å². The highest BCUT2D eigenvalue weighted by atomic mass is 16.5. The highest BCUT2D eigenvalue weighted by molar-refractivity contribution is 6.08. The van der Waals surface area contributed by atoms with E-state index in [1.807, 2.05) is 30.3 Å². The second kappa shape index (κ2) is 5.84. The van der Waals surface area contributed by atoms with Crippen molar-refractivity contribution in [1.82, 2.24) is 4.57 Å². The van der Waals surface area contributed by atoms with E-state index in [9.17, 15) is 14.7 Å². The van der Waals surface area contributed by atoms with Gasteiger partial charge in [-0.15, -0.1) is 0 Å². The molecule has 0 aliphatic heterocycles. The third kappa shape index (κ3) is 2.87. The van der Waals surface area contributed by atoms with Gasteiger partial charge in [0.25, 0.3) is 5.91 Å². The summed E-state index contributed by atoms with van der Waals surface area (Å²) in [6.07, 6.45) is 0.0384. The summed E-state index contributed by atoms with van der Waals surface area (Å²) in [5, 5.41) is 9.63. The molecule has 0 unspecified atom stereocenters. The first-order valence-corrected chi connectivity index (χ1v) is 6.91. The van der Waals surface area contributed by atoms with Crippen LogP contribution in [0.15, 0.2) is 54.7 Å². The zero-order valence-corrected chi connectivity index (χ0v) is 12.1. The molecule has 0 saturated carbocycles. The summed E-state index contributed by atoms with van der Waals surface area (Å²) in [6.45, 7) is 0.373. The van der Waals surface area contributed by atoms with Gasteiger partial charge in [0, 0.05) is 11.6 Å². The van der Waals surface area contributed by atoms with Gasteiger partial charge in [-0.3, -0.25) is 9.36 Å². The van der Waals surface area contributed by atoms with Crippen molar-refractivity contribution in [2.45, 2.75) is 6.61 Å². The number of rotatable bonds is 4. The summed E-state index contributed by atoms with van der Waals surface area (Å²) < 4.78 is 6.66. The molecule has 1 aromatic heterocycles. The van der Waals surface area contributed by atoms with Crippen LogP contribution in [0, 0.1) is 0 Å². The molecule has 116 valence electrons. The van der Waals surface area contributed by atoms with Crippen molar-refractivity contribution < 1.29 is 19.4 Å². The smallest absolute Gasteiger partial charge is 0.416 e. The first-order valence-electron chi connectivity index (χ1n) is 6.91. The first kappa shape index (κ1) is 14.6. The molecular weight excluding hydrogens is 296 g/mol. The standard InChI is InChI=1S/C17H14N2O4/c18-16(20)14-9-19(17(21)22)15-7-6-12(8-13(14)15)23-10-11-4-2-1-3-5-11/h1-9H,10H2,(H2,18,20)(H,21,22). The minimum atomic E-state index is -1.18. The van der Waals surface area contributed by atoms with E-state index in [-0.39, 0.29) is 5.56 Å². The number of hydrogen-bond acceptors (Lipinski definition) is 3. The van der Waals surface area contributed by atoms with Gasteiger partial charge in [-0.05, 0) is 23.8 Å². The SMILES string of the molecule is NC(=O)c1cn(C(=O)O)c2ccc(OCc3ccccc3)cc12. The lowest BCUT2D eigenvalue weighted by atomic mass is 10.1. The van der Waals surface area contributed by atoms with Gasteiger partial charge in [0.1, 0.15) is 12.4 Å². The van der Waals surface area contributed by atoms with Crippen molar-refractivity contribution in [1.29, 1.82) is 0 Å². The fourth-order valence-corrected chi connectivity index (χ4v) is 2.39. The third-order valence-electron chi connectivity index (χ3n) is 3.50. The molecule has 3 aromatic rings. The maximum atomic E-state index is 11.5. The number of aromatic nitrogens is 1. The first-order chi connectivity index (χ1) is 11.1. The topological polar surface area (TPSA) is 94.6 Å². The molecule has 0 saturated heterocycles. The molecule has 0 fully saturated rings. The Kier molecular flexibility index (Phi) is 3.72. The van der Waals surface area contributed by atoms with Crippen LogP contribution in [0.5, 0.6) is 5.75 Å². The number of nitrogens with two attached hydrogens (primary N) is 1. The maximum Gasteiger partial charge on any atom is 0.416 e. The number of amides is 1. The zero-order valence-electron chi connectivity index (χ0n) is 12.1. The summed E-state index contributed by atoms with van der Waals surface area (Å²) in [4.78, 5) is 22.7. The summed E-state index contributed by atoms with van der Waals surface area (Å²) in [6, 6.07) is 14.5. The molecule has 6 nitrogen and oxygen atoms in total. The van der Waals surface area contributed by atoms with E-state index in [0.29, 0.717) is 23.3 Å². The molecule has 0 bridgehead atoms. The Morgan fingerprint density at radius 3 is 2.52 bits per heavy atom. The second-order valence-corrected chi connectivity index (χ2v) is 5.01. The lowest BCUT2D eigenvalue weighted by molar-refractivity contribution is 0.100. The van der Waals surface area contributed by atoms with Gasteiger partial charge in [-0.25, -0.2) is 4.79 Å². The monoisotopic (exact) mass is 310 g/mol. The van der Waals surface area contributed by atoms with Crippen LogP contribution in [0.4, 0.5) is 4.79 Å². The molecule has 0 aliphatic rings. The molecule has 1 heterocycles. The van der Waals surface area contributed by atoms with Crippen LogP contribution in [0.3, 0.4) is 0 Å². The summed E-state index contributed by atoms with van der Waals surface area (Å²) in [5.74, 6) is -0.151. The number of hydrogen-bond donors (Lipinski definition) is 2. The molecule has 3 rings (SSSR count). The number of primary amides is 1. The second-order valence-electron chi connectivity index (χ2n) is 5.01. The van der Waals surface area contributed by atoms with Crippen LogP contribution < -0.4 is 10.5 Å². The summed E-state index contributed by atoms with van der Waals surface area (Å²) >= 11 is 0. The number of carbonyl (C=O) groups excluding carboxylic acids is 1.